The van der Waals surface area contributed by atoms with E-state index in [0.29, 0.717) is 4.73 Å². The van der Waals surface area contributed by atoms with Crippen molar-refractivity contribution in [1.82, 2.24) is 9.97 Å². The molecule has 2 nitrogen and oxygen atoms in total. The van der Waals surface area contributed by atoms with E-state index in [0.717, 1.165) is 33.3 Å². The summed E-state index contributed by atoms with van der Waals surface area (Å²) in [6.45, 7) is 7.58. The number of fused-ring (bicyclic) bond motifs is 1. The predicted molar refractivity (Wildman–Crippen MR) is 101 cm³/mol. The molecular weight excluding hydrogens is 348 g/mol. The summed E-state index contributed by atoms with van der Waals surface area (Å²) >= 11 is 3.39. The minimum absolute atomic E-state index is 0.591. The van der Waals surface area contributed by atoms with E-state index in [-0.39, 0.29) is 0 Å². The number of halogens is 1. The van der Waals surface area contributed by atoms with Crippen molar-refractivity contribution in [2.24, 2.45) is 0 Å². The van der Waals surface area contributed by atoms with Crippen LogP contribution in [0.1, 0.15) is 5.56 Å². The lowest BCUT2D eigenvalue weighted by molar-refractivity contribution is 1.16. The van der Waals surface area contributed by atoms with Gasteiger partial charge in [0, 0.05) is 10.9 Å². The molecule has 0 spiro atoms. The van der Waals surface area contributed by atoms with Gasteiger partial charge in [-0.3, -0.25) is 0 Å². The van der Waals surface area contributed by atoms with Gasteiger partial charge in [-0.25, -0.2) is 9.97 Å². The molecule has 0 bridgehead atoms. The Bertz CT molecular complexity index is 909. The third-order valence-corrected chi connectivity index (χ3v) is 3.94. The zero-order valence-electron chi connectivity index (χ0n) is 12.5. The van der Waals surface area contributed by atoms with E-state index in [2.05, 4.69) is 63.3 Å². The molecule has 23 heavy (non-hydrogen) atoms. The molecule has 0 N–H and O–H groups in total. The number of hydrogen-bond acceptors (Lipinski definition) is 2. The molecule has 3 rings (SSSR count). The third-order valence-electron chi connectivity index (χ3n) is 3.58. The minimum atomic E-state index is 0.591. The molecule has 112 valence electrons. The summed E-state index contributed by atoms with van der Waals surface area (Å²) < 4.78 is 0.591. The Morgan fingerprint density at radius 3 is 2.39 bits per heavy atom. The minimum Gasteiger partial charge on any atom is -0.222 e. The largest absolute Gasteiger partial charge is 0.222 e. The molecule has 3 heteroatoms. The zero-order chi connectivity index (χ0) is 16.2. The van der Waals surface area contributed by atoms with Crippen LogP contribution >= 0.6 is 15.9 Å². The number of nitrogens with zero attached hydrogens (tertiary/aromatic N) is 2. The molecule has 1 heterocycles. The summed E-state index contributed by atoms with van der Waals surface area (Å²) in [5.41, 5.74) is 5.03. The van der Waals surface area contributed by atoms with Gasteiger partial charge >= 0.3 is 0 Å². The van der Waals surface area contributed by atoms with E-state index in [1.54, 1.807) is 6.08 Å². The SMILES string of the molecule is C=C/C=C(\C=C)c1ccc(-c2nc(Br)nc3ccccc23)cc1. The second-order valence-electron chi connectivity index (χ2n) is 5.00. The van der Waals surface area contributed by atoms with Gasteiger partial charge in [-0.1, -0.05) is 73.9 Å². The van der Waals surface area contributed by atoms with Gasteiger partial charge in [0.05, 0.1) is 11.2 Å². The fourth-order valence-electron chi connectivity index (χ4n) is 2.50. The van der Waals surface area contributed by atoms with Gasteiger partial charge in [-0.15, -0.1) is 0 Å². The standard InChI is InChI=1S/C20H15BrN2/c1-3-7-14(4-2)15-10-12-16(13-11-15)19-17-8-5-6-9-18(17)22-20(21)23-19/h3-13H,1-2H2/b14-7+. The van der Waals surface area contributed by atoms with Crippen LogP contribution in [0.4, 0.5) is 0 Å². The van der Waals surface area contributed by atoms with Gasteiger partial charge in [0.15, 0.2) is 4.73 Å². The van der Waals surface area contributed by atoms with Crippen LogP contribution in [0.25, 0.3) is 27.7 Å². The van der Waals surface area contributed by atoms with Crippen LogP contribution in [0, 0.1) is 0 Å². The van der Waals surface area contributed by atoms with Crippen molar-refractivity contribution in [3.05, 3.63) is 90.2 Å². The van der Waals surface area contributed by atoms with Crippen LogP contribution in [0.2, 0.25) is 0 Å². The van der Waals surface area contributed by atoms with E-state index in [1.165, 1.54) is 0 Å². The average molecular weight is 363 g/mol. The Labute approximate surface area is 144 Å². The van der Waals surface area contributed by atoms with Crippen molar-refractivity contribution in [2.45, 2.75) is 0 Å². The Hall–Kier alpha value is -2.52. The number of allylic oxidation sites excluding steroid dienone is 4. The fraction of sp³-hybridized carbons (Fsp3) is 0. The monoisotopic (exact) mass is 362 g/mol. The average Bonchev–Trinajstić information content (AvgIpc) is 2.59. The first-order valence-corrected chi connectivity index (χ1v) is 8.00. The van der Waals surface area contributed by atoms with Gasteiger partial charge < -0.3 is 0 Å². The van der Waals surface area contributed by atoms with Gasteiger partial charge in [-0.2, -0.15) is 0 Å². The van der Waals surface area contributed by atoms with Crippen molar-refractivity contribution in [3.63, 3.8) is 0 Å². The first-order valence-electron chi connectivity index (χ1n) is 7.21. The summed E-state index contributed by atoms with van der Waals surface area (Å²) in [6.07, 6.45) is 5.53. The number of benzene rings is 2. The molecule has 0 amide bonds. The molecule has 0 aliphatic carbocycles. The molecule has 0 aliphatic rings. The lowest BCUT2D eigenvalue weighted by atomic mass is 10.0. The van der Waals surface area contributed by atoms with E-state index in [9.17, 15) is 0 Å². The summed E-state index contributed by atoms with van der Waals surface area (Å²) in [6, 6.07) is 16.3. The van der Waals surface area contributed by atoms with E-state index in [4.69, 9.17) is 0 Å². The Morgan fingerprint density at radius 2 is 1.70 bits per heavy atom. The molecule has 0 unspecified atom stereocenters. The molecule has 0 radical (unpaired) electrons. The second-order valence-corrected chi connectivity index (χ2v) is 5.71. The molecule has 0 saturated heterocycles. The molecule has 2 aromatic carbocycles. The van der Waals surface area contributed by atoms with Crippen molar-refractivity contribution in [1.29, 1.82) is 0 Å². The highest BCUT2D eigenvalue weighted by molar-refractivity contribution is 9.10. The third kappa shape index (κ3) is 3.15. The predicted octanol–water partition coefficient (Wildman–Crippen LogP) is 5.81. The Balaban J connectivity index is 2.11. The van der Waals surface area contributed by atoms with Crippen LogP contribution in [0.5, 0.6) is 0 Å². The van der Waals surface area contributed by atoms with Crippen molar-refractivity contribution in [3.8, 4) is 11.3 Å². The molecule has 1 aromatic heterocycles. The molecule has 0 fully saturated rings. The van der Waals surface area contributed by atoms with Crippen LogP contribution in [-0.4, -0.2) is 9.97 Å². The van der Waals surface area contributed by atoms with Gasteiger partial charge in [0.1, 0.15) is 0 Å². The maximum absolute atomic E-state index is 4.56. The van der Waals surface area contributed by atoms with E-state index >= 15 is 0 Å². The van der Waals surface area contributed by atoms with Gasteiger partial charge in [0.2, 0.25) is 0 Å². The summed E-state index contributed by atoms with van der Waals surface area (Å²) in [5, 5.41) is 1.04. The fourth-order valence-corrected chi connectivity index (χ4v) is 2.87. The van der Waals surface area contributed by atoms with Crippen molar-refractivity contribution >= 4 is 32.4 Å². The highest BCUT2D eigenvalue weighted by Gasteiger charge is 2.08. The maximum Gasteiger partial charge on any atom is 0.197 e. The van der Waals surface area contributed by atoms with E-state index < -0.39 is 0 Å². The van der Waals surface area contributed by atoms with Crippen LogP contribution in [0.15, 0.2) is 84.7 Å². The quantitative estimate of drug-likeness (QED) is 0.432. The summed E-state index contributed by atoms with van der Waals surface area (Å²) in [4.78, 5) is 8.97. The van der Waals surface area contributed by atoms with Crippen molar-refractivity contribution in [2.75, 3.05) is 0 Å². The number of hydrogen-bond donors (Lipinski definition) is 0. The summed E-state index contributed by atoms with van der Waals surface area (Å²) in [5.74, 6) is 0. The molecule has 0 atom stereocenters. The highest BCUT2D eigenvalue weighted by atomic mass is 79.9. The summed E-state index contributed by atoms with van der Waals surface area (Å²) in [7, 11) is 0. The van der Waals surface area contributed by atoms with Gasteiger partial charge in [0.25, 0.3) is 0 Å². The lowest BCUT2D eigenvalue weighted by Crippen LogP contribution is -1.91. The molecule has 0 saturated carbocycles. The molecule has 3 aromatic rings. The molecule has 0 aliphatic heterocycles. The highest BCUT2D eigenvalue weighted by Crippen LogP contribution is 2.28. The first-order chi connectivity index (χ1) is 11.2. The van der Waals surface area contributed by atoms with E-state index in [1.807, 2.05) is 36.4 Å². The smallest absolute Gasteiger partial charge is 0.197 e. The number of aromatic nitrogens is 2. The number of para-hydroxylation sites is 1. The van der Waals surface area contributed by atoms with Crippen LogP contribution in [-0.2, 0) is 0 Å². The first kappa shape index (κ1) is 15.4. The Kier molecular flexibility index (Phi) is 4.49. The number of rotatable bonds is 4. The topological polar surface area (TPSA) is 25.8 Å². The van der Waals surface area contributed by atoms with Crippen molar-refractivity contribution < 1.29 is 0 Å². The zero-order valence-corrected chi connectivity index (χ0v) is 14.1. The lowest BCUT2D eigenvalue weighted by Gasteiger charge is -2.08. The van der Waals surface area contributed by atoms with Gasteiger partial charge in [-0.05, 0) is 33.1 Å². The van der Waals surface area contributed by atoms with Crippen LogP contribution in [0.3, 0.4) is 0 Å². The molecular formula is C20H15BrN2. The second kappa shape index (κ2) is 6.71. The maximum atomic E-state index is 4.56. The normalized spacial score (nSPS) is 11.4. The van der Waals surface area contributed by atoms with Crippen LogP contribution < -0.4 is 0 Å². The Morgan fingerprint density at radius 1 is 0.957 bits per heavy atom.